The van der Waals surface area contributed by atoms with E-state index in [2.05, 4.69) is 4.98 Å². The van der Waals surface area contributed by atoms with Crippen molar-refractivity contribution in [1.29, 1.82) is 0 Å². The van der Waals surface area contributed by atoms with Crippen molar-refractivity contribution in [3.8, 4) is 11.5 Å². The number of ether oxygens (including phenoxy) is 3. The van der Waals surface area contributed by atoms with Crippen LogP contribution in [0.15, 0.2) is 41.8 Å². The molecule has 4 rings (SSSR count). The molecule has 1 amide bonds. The second-order valence-electron chi connectivity index (χ2n) is 8.14. The van der Waals surface area contributed by atoms with E-state index in [1.807, 2.05) is 32.0 Å². The molecule has 1 aliphatic rings. The van der Waals surface area contributed by atoms with E-state index in [1.165, 1.54) is 18.3 Å². The average Bonchev–Trinajstić information content (AvgIpc) is 3.31. The van der Waals surface area contributed by atoms with Crippen LogP contribution in [0.25, 0.3) is 0 Å². The van der Waals surface area contributed by atoms with Crippen LogP contribution in [0.4, 0.5) is 10.8 Å². The zero-order valence-electron chi connectivity index (χ0n) is 19.8. The largest absolute Gasteiger partial charge is 0.486 e. The van der Waals surface area contributed by atoms with Crippen LogP contribution >= 0.6 is 11.3 Å². The fourth-order valence-electron chi connectivity index (χ4n) is 3.65. The summed E-state index contributed by atoms with van der Waals surface area (Å²) in [5.41, 5.74) is 3.84. The van der Waals surface area contributed by atoms with E-state index >= 15 is 0 Å². The van der Waals surface area contributed by atoms with Crippen LogP contribution in [0.1, 0.15) is 46.9 Å². The van der Waals surface area contributed by atoms with Gasteiger partial charge in [-0.3, -0.25) is 19.3 Å². The Hall–Kier alpha value is -3.72. The van der Waals surface area contributed by atoms with Gasteiger partial charge in [0.1, 0.15) is 19.8 Å². The molecule has 0 radical (unpaired) electrons. The molecule has 0 bridgehead atoms. The standard InChI is InChI=1S/C26H26N2O6S/c1-16-5-4-6-21(17(16)2)28(18(3)29)26-27-20(15-35-26)14-34-25(31)10-8-22(30)19-7-9-23-24(13-19)33-12-11-32-23/h4-7,9,13,15H,8,10-12,14H2,1-3H3. The van der Waals surface area contributed by atoms with Gasteiger partial charge in [0.25, 0.3) is 0 Å². The lowest BCUT2D eigenvalue weighted by molar-refractivity contribution is -0.145. The number of anilines is 2. The maximum atomic E-state index is 12.5. The first-order valence-electron chi connectivity index (χ1n) is 11.2. The highest BCUT2D eigenvalue weighted by atomic mass is 32.1. The van der Waals surface area contributed by atoms with Gasteiger partial charge < -0.3 is 14.2 Å². The summed E-state index contributed by atoms with van der Waals surface area (Å²) in [5, 5.41) is 2.26. The molecule has 0 saturated carbocycles. The molecule has 8 nitrogen and oxygen atoms in total. The molecule has 182 valence electrons. The third kappa shape index (κ3) is 5.68. The van der Waals surface area contributed by atoms with Crippen LogP contribution in [0.2, 0.25) is 0 Å². The molecule has 1 aromatic heterocycles. The van der Waals surface area contributed by atoms with E-state index in [0.29, 0.717) is 41.1 Å². The zero-order valence-corrected chi connectivity index (χ0v) is 20.6. The number of hydrogen-bond acceptors (Lipinski definition) is 8. The monoisotopic (exact) mass is 494 g/mol. The topological polar surface area (TPSA) is 95.0 Å². The lowest BCUT2D eigenvalue weighted by Gasteiger charge is -2.21. The molecule has 0 fully saturated rings. The predicted octanol–water partition coefficient (Wildman–Crippen LogP) is 4.92. The number of carbonyl (C=O) groups is 3. The second kappa shape index (κ2) is 10.7. The fraction of sp³-hybridized carbons (Fsp3) is 0.308. The van der Waals surface area contributed by atoms with Gasteiger partial charge in [0.2, 0.25) is 5.91 Å². The van der Waals surface area contributed by atoms with Crippen LogP contribution < -0.4 is 14.4 Å². The van der Waals surface area contributed by atoms with E-state index in [1.54, 1.807) is 28.5 Å². The van der Waals surface area contributed by atoms with Gasteiger partial charge in [-0.2, -0.15) is 0 Å². The van der Waals surface area contributed by atoms with Gasteiger partial charge in [-0.1, -0.05) is 12.1 Å². The number of aromatic nitrogens is 1. The van der Waals surface area contributed by atoms with Crippen LogP contribution in [0.3, 0.4) is 0 Å². The predicted molar refractivity (Wildman–Crippen MR) is 132 cm³/mol. The SMILES string of the molecule is CC(=O)N(c1nc(COC(=O)CCC(=O)c2ccc3c(c2)OCCO3)cs1)c1cccc(C)c1C. The minimum atomic E-state index is -0.497. The molecular formula is C26H26N2O6S. The summed E-state index contributed by atoms with van der Waals surface area (Å²) >= 11 is 1.30. The molecule has 0 atom stereocenters. The van der Waals surface area contributed by atoms with Gasteiger partial charge in [0, 0.05) is 24.3 Å². The number of thiazole rings is 1. The molecule has 3 aromatic rings. The van der Waals surface area contributed by atoms with Crippen molar-refractivity contribution in [3.63, 3.8) is 0 Å². The molecule has 1 aliphatic heterocycles. The van der Waals surface area contributed by atoms with Crippen molar-refractivity contribution in [2.45, 2.75) is 40.2 Å². The third-order valence-corrected chi connectivity index (χ3v) is 6.54. The lowest BCUT2D eigenvalue weighted by atomic mass is 10.1. The number of Topliss-reactive ketones (excluding diaryl/α,β-unsaturated/α-hetero) is 1. The first-order chi connectivity index (χ1) is 16.8. The summed E-state index contributed by atoms with van der Waals surface area (Å²) < 4.78 is 16.3. The summed E-state index contributed by atoms with van der Waals surface area (Å²) in [6.07, 6.45) is -0.0299. The van der Waals surface area contributed by atoms with Gasteiger partial charge in [0.15, 0.2) is 22.4 Å². The van der Waals surface area contributed by atoms with Crippen LogP contribution in [-0.2, 0) is 20.9 Å². The number of benzene rings is 2. The molecule has 2 aromatic carbocycles. The number of carbonyl (C=O) groups excluding carboxylic acids is 3. The Morgan fingerprint density at radius 1 is 1.06 bits per heavy atom. The highest BCUT2D eigenvalue weighted by molar-refractivity contribution is 7.14. The van der Waals surface area contributed by atoms with E-state index in [9.17, 15) is 14.4 Å². The molecule has 0 aliphatic carbocycles. The Kier molecular flexibility index (Phi) is 7.45. The van der Waals surface area contributed by atoms with Gasteiger partial charge in [0.05, 0.1) is 17.8 Å². The minimum Gasteiger partial charge on any atom is -0.486 e. The Morgan fingerprint density at radius 3 is 2.60 bits per heavy atom. The normalized spacial score (nSPS) is 12.2. The van der Waals surface area contributed by atoms with Gasteiger partial charge in [-0.15, -0.1) is 11.3 Å². The van der Waals surface area contributed by atoms with Crippen molar-refractivity contribution >= 4 is 39.8 Å². The number of esters is 1. The molecule has 0 N–H and O–H groups in total. The smallest absolute Gasteiger partial charge is 0.306 e. The fourth-order valence-corrected chi connectivity index (χ4v) is 4.52. The summed E-state index contributed by atoms with van der Waals surface area (Å²) in [7, 11) is 0. The summed E-state index contributed by atoms with van der Waals surface area (Å²) in [4.78, 5) is 43.2. The molecule has 9 heteroatoms. The first-order valence-corrected chi connectivity index (χ1v) is 12.1. The van der Waals surface area contributed by atoms with Gasteiger partial charge in [-0.05, 0) is 49.2 Å². The molecular weight excluding hydrogens is 468 g/mol. The van der Waals surface area contributed by atoms with E-state index < -0.39 is 5.97 Å². The van der Waals surface area contributed by atoms with Crippen molar-refractivity contribution in [3.05, 3.63) is 64.2 Å². The van der Waals surface area contributed by atoms with Gasteiger partial charge >= 0.3 is 5.97 Å². The lowest BCUT2D eigenvalue weighted by Crippen LogP contribution is -2.23. The third-order valence-electron chi connectivity index (χ3n) is 5.66. The maximum absolute atomic E-state index is 12.5. The van der Waals surface area contributed by atoms with Gasteiger partial charge in [-0.25, -0.2) is 4.98 Å². The minimum absolute atomic E-state index is 0.0194. The quantitative estimate of drug-likeness (QED) is 0.324. The highest BCUT2D eigenvalue weighted by Crippen LogP contribution is 2.33. The number of fused-ring (bicyclic) bond motifs is 1. The Morgan fingerprint density at radius 2 is 1.83 bits per heavy atom. The zero-order chi connectivity index (χ0) is 24.9. The molecule has 2 heterocycles. The highest BCUT2D eigenvalue weighted by Gasteiger charge is 2.21. The number of rotatable bonds is 8. The second-order valence-corrected chi connectivity index (χ2v) is 8.97. The summed E-state index contributed by atoms with van der Waals surface area (Å²) in [6.45, 7) is 6.31. The van der Waals surface area contributed by atoms with Crippen molar-refractivity contribution in [2.75, 3.05) is 18.1 Å². The average molecular weight is 495 g/mol. The number of amides is 1. The van der Waals surface area contributed by atoms with Crippen molar-refractivity contribution < 1.29 is 28.6 Å². The number of hydrogen-bond donors (Lipinski definition) is 0. The van der Waals surface area contributed by atoms with Crippen molar-refractivity contribution in [2.24, 2.45) is 0 Å². The summed E-state index contributed by atoms with van der Waals surface area (Å²) in [6, 6.07) is 10.8. The number of nitrogens with zero attached hydrogens (tertiary/aromatic N) is 2. The molecule has 35 heavy (non-hydrogen) atoms. The van der Waals surface area contributed by atoms with E-state index in [-0.39, 0.29) is 31.1 Å². The van der Waals surface area contributed by atoms with Crippen molar-refractivity contribution in [1.82, 2.24) is 4.98 Å². The van der Waals surface area contributed by atoms with Crippen LogP contribution in [0, 0.1) is 13.8 Å². The van der Waals surface area contributed by atoms with Crippen LogP contribution in [0.5, 0.6) is 11.5 Å². The molecule has 0 unspecified atom stereocenters. The summed E-state index contributed by atoms with van der Waals surface area (Å²) in [5.74, 6) is 0.304. The van der Waals surface area contributed by atoms with E-state index in [4.69, 9.17) is 14.2 Å². The Labute approximate surface area is 207 Å². The number of aryl methyl sites for hydroxylation is 1. The Bertz CT molecular complexity index is 1270. The first kappa shape index (κ1) is 24.4. The molecule has 0 saturated heterocycles. The van der Waals surface area contributed by atoms with Crippen LogP contribution in [-0.4, -0.2) is 35.9 Å². The van der Waals surface area contributed by atoms with E-state index in [0.717, 1.165) is 16.8 Å². The number of ketones is 1. The Balaban J connectivity index is 1.32. The maximum Gasteiger partial charge on any atom is 0.306 e. The molecule has 0 spiro atoms.